The van der Waals surface area contributed by atoms with Gasteiger partial charge in [-0.25, -0.2) is 9.78 Å². The van der Waals surface area contributed by atoms with Crippen molar-refractivity contribution in [1.29, 1.82) is 0 Å². The van der Waals surface area contributed by atoms with Crippen LogP contribution in [0.15, 0.2) is 41.3 Å². The molecular weight excluding hydrogens is 334 g/mol. The first-order valence-electron chi connectivity index (χ1n) is 8.62. The first-order chi connectivity index (χ1) is 12.5. The van der Waals surface area contributed by atoms with Crippen LogP contribution < -0.4 is 10.9 Å². The van der Waals surface area contributed by atoms with Gasteiger partial charge in [-0.15, -0.1) is 0 Å². The molecule has 1 saturated heterocycles. The average molecular weight is 357 g/mol. The van der Waals surface area contributed by atoms with Gasteiger partial charge in [0.05, 0.1) is 6.04 Å². The van der Waals surface area contributed by atoms with Gasteiger partial charge in [0.2, 0.25) is 5.95 Å². The van der Waals surface area contributed by atoms with Gasteiger partial charge in [0.15, 0.2) is 0 Å². The molecule has 138 valence electrons. The summed E-state index contributed by atoms with van der Waals surface area (Å²) in [5.74, 6) is 0.449. The molecule has 2 aromatic rings. The van der Waals surface area contributed by atoms with Crippen LogP contribution in [-0.2, 0) is 6.54 Å². The van der Waals surface area contributed by atoms with E-state index < -0.39 is 6.09 Å². The van der Waals surface area contributed by atoms with Gasteiger partial charge in [-0.1, -0.05) is 24.3 Å². The molecule has 1 unspecified atom stereocenters. The molecule has 0 bridgehead atoms. The van der Waals surface area contributed by atoms with Crippen molar-refractivity contribution < 1.29 is 9.90 Å². The second-order valence-electron chi connectivity index (χ2n) is 6.44. The minimum Gasteiger partial charge on any atom is -0.465 e. The molecule has 1 aliphatic rings. The van der Waals surface area contributed by atoms with E-state index >= 15 is 0 Å². The van der Waals surface area contributed by atoms with Crippen LogP contribution in [0.1, 0.15) is 24.1 Å². The zero-order chi connectivity index (χ0) is 18.5. The maximum absolute atomic E-state index is 11.3. The number of piperazine rings is 1. The Bertz CT molecular complexity index is 797. The van der Waals surface area contributed by atoms with Crippen LogP contribution in [0.2, 0.25) is 0 Å². The van der Waals surface area contributed by atoms with Crippen LogP contribution in [0.3, 0.4) is 0 Å². The normalized spacial score (nSPS) is 16.3. The lowest BCUT2D eigenvalue weighted by atomic mass is 10.1. The molecule has 0 spiro atoms. The molecule has 1 fully saturated rings. The Morgan fingerprint density at radius 1 is 1.23 bits per heavy atom. The number of benzene rings is 1. The molecule has 26 heavy (non-hydrogen) atoms. The highest BCUT2D eigenvalue weighted by atomic mass is 16.4. The molecule has 0 aliphatic carbocycles. The van der Waals surface area contributed by atoms with Gasteiger partial charge in [-0.05, 0) is 18.1 Å². The number of aromatic nitrogens is 2. The molecular formula is C18H23N5O3. The smallest absolute Gasteiger partial charge is 0.407 e. The SMILES string of the molecule is CC(Nc1nccc(=O)[nH]1)c1ccc(CN2CCN(C(=O)O)CC2)cc1. The number of hydrogen-bond donors (Lipinski definition) is 3. The van der Waals surface area contributed by atoms with E-state index in [-0.39, 0.29) is 11.6 Å². The summed E-state index contributed by atoms with van der Waals surface area (Å²) >= 11 is 0. The van der Waals surface area contributed by atoms with Crippen LogP contribution in [0.4, 0.5) is 10.7 Å². The third-order valence-electron chi connectivity index (χ3n) is 4.55. The zero-order valence-corrected chi connectivity index (χ0v) is 14.7. The Morgan fingerprint density at radius 2 is 1.92 bits per heavy atom. The van der Waals surface area contributed by atoms with E-state index in [1.807, 2.05) is 6.92 Å². The number of aromatic amines is 1. The number of anilines is 1. The van der Waals surface area contributed by atoms with Crippen molar-refractivity contribution in [3.8, 4) is 0 Å². The summed E-state index contributed by atoms with van der Waals surface area (Å²) in [5, 5.41) is 12.2. The largest absolute Gasteiger partial charge is 0.465 e. The van der Waals surface area contributed by atoms with Crippen LogP contribution >= 0.6 is 0 Å². The number of hydrogen-bond acceptors (Lipinski definition) is 5. The summed E-state index contributed by atoms with van der Waals surface area (Å²) in [6.07, 6.45) is 0.630. The lowest BCUT2D eigenvalue weighted by Crippen LogP contribution is -2.47. The van der Waals surface area contributed by atoms with Gasteiger partial charge in [-0.3, -0.25) is 14.7 Å². The zero-order valence-electron chi connectivity index (χ0n) is 14.7. The number of rotatable bonds is 5. The molecule has 3 rings (SSSR count). The highest BCUT2D eigenvalue weighted by molar-refractivity contribution is 5.65. The number of amides is 1. The number of nitrogens with zero attached hydrogens (tertiary/aromatic N) is 3. The first-order valence-corrected chi connectivity index (χ1v) is 8.62. The Morgan fingerprint density at radius 3 is 2.54 bits per heavy atom. The van der Waals surface area contributed by atoms with Crippen LogP contribution in [-0.4, -0.2) is 57.1 Å². The van der Waals surface area contributed by atoms with Gasteiger partial charge >= 0.3 is 6.09 Å². The van der Waals surface area contributed by atoms with Crippen LogP contribution in [0.5, 0.6) is 0 Å². The molecule has 1 aliphatic heterocycles. The number of carboxylic acid groups (broad SMARTS) is 1. The van der Waals surface area contributed by atoms with Gasteiger partial charge in [0, 0.05) is 45.0 Å². The summed E-state index contributed by atoms with van der Waals surface area (Å²) in [5.41, 5.74) is 2.10. The number of carbonyl (C=O) groups is 1. The molecule has 0 saturated carbocycles. The second kappa shape index (κ2) is 8.01. The third kappa shape index (κ3) is 4.60. The van der Waals surface area contributed by atoms with E-state index in [1.165, 1.54) is 22.7 Å². The lowest BCUT2D eigenvalue weighted by molar-refractivity contribution is 0.103. The monoisotopic (exact) mass is 357 g/mol. The fraction of sp³-hybridized carbons (Fsp3) is 0.389. The van der Waals surface area contributed by atoms with Gasteiger partial charge in [0.25, 0.3) is 5.56 Å². The number of H-pyrrole nitrogens is 1. The van der Waals surface area contributed by atoms with Crippen molar-refractivity contribution in [3.05, 3.63) is 58.0 Å². The molecule has 1 aromatic heterocycles. The molecule has 0 radical (unpaired) electrons. The molecule has 1 aromatic carbocycles. The fourth-order valence-corrected chi connectivity index (χ4v) is 3.00. The van der Waals surface area contributed by atoms with Crippen molar-refractivity contribution in [1.82, 2.24) is 19.8 Å². The third-order valence-corrected chi connectivity index (χ3v) is 4.55. The van der Waals surface area contributed by atoms with Crippen molar-refractivity contribution in [3.63, 3.8) is 0 Å². The Balaban J connectivity index is 1.55. The predicted molar refractivity (Wildman–Crippen MR) is 98.2 cm³/mol. The topological polar surface area (TPSA) is 102 Å². The van der Waals surface area contributed by atoms with E-state index in [0.29, 0.717) is 19.0 Å². The minimum atomic E-state index is -0.843. The van der Waals surface area contributed by atoms with E-state index in [2.05, 4.69) is 44.5 Å². The maximum Gasteiger partial charge on any atom is 0.407 e. The average Bonchev–Trinajstić information content (AvgIpc) is 2.63. The summed E-state index contributed by atoms with van der Waals surface area (Å²) in [6.45, 7) is 5.42. The van der Waals surface area contributed by atoms with Crippen molar-refractivity contribution in [2.75, 3.05) is 31.5 Å². The highest BCUT2D eigenvalue weighted by Gasteiger charge is 2.20. The van der Waals surface area contributed by atoms with Crippen LogP contribution in [0, 0.1) is 0 Å². The molecule has 1 amide bonds. The minimum absolute atomic E-state index is 0.00807. The van der Waals surface area contributed by atoms with Crippen molar-refractivity contribution in [2.24, 2.45) is 0 Å². The maximum atomic E-state index is 11.3. The van der Waals surface area contributed by atoms with Crippen molar-refractivity contribution >= 4 is 12.0 Å². The summed E-state index contributed by atoms with van der Waals surface area (Å²) in [4.78, 5) is 32.7. The van der Waals surface area contributed by atoms with Gasteiger partial charge in [-0.2, -0.15) is 0 Å². The first kappa shape index (κ1) is 17.9. The van der Waals surface area contributed by atoms with Gasteiger partial charge < -0.3 is 15.3 Å². The van der Waals surface area contributed by atoms with Gasteiger partial charge in [0.1, 0.15) is 0 Å². The second-order valence-corrected chi connectivity index (χ2v) is 6.44. The lowest BCUT2D eigenvalue weighted by Gasteiger charge is -2.33. The standard InChI is InChI=1S/C18H23N5O3/c1-13(20-17-19-7-6-16(24)21-17)15-4-2-14(3-5-15)12-22-8-10-23(11-9-22)18(25)26/h2-7,13H,8-12H2,1H3,(H,25,26)(H2,19,20,21,24). The van der Waals surface area contributed by atoms with E-state index in [1.54, 1.807) is 0 Å². The van der Waals surface area contributed by atoms with E-state index in [0.717, 1.165) is 25.2 Å². The summed E-state index contributed by atoms with van der Waals surface area (Å²) in [7, 11) is 0. The van der Waals surface area contributed by atoms with E-state index in [9.17, 15) is 9.59 Å². The fourth-order valence-electron chi connectivity index (χ4n) is 3.00. The Kier molecular flexibility index (Phi) is 5.52. The summed E-state index contributed by atoms with van der Waals surface area (Å²) in [6, 6.07) is 9.66. The molecule has 8 nitrogen and oxygen atoms in total. The highest BCUT2D eigenvalue weighted by Crippen LogP contribution is 2.18. The Labute approximate surface area is 151 Å². The summed E-state index contributed by atoms with van der Waals surface area (Å²) < 4.78 is 0. The molecule has 3 N–H and O–H groups in total. The molecule has 2 heterocycles. The number of nitrogens with one attached hydrogen (secondary N) is 2. The Hall–Kier alpha value is -2.87. The quantitative estimate of drug-likeness (QED) is 0.753. The van der Waals surface area contributed by atoms with Crippen LogP contribution in [0.25, 0.3) is 0 Å². The molecule has 8 heteroatoms. The predicted octanol–water partition coefficient (Wildman–Crippen LogP) is 1.74. The molecule has 1 atom stereocenters. The van der Waals surface area contributed by atoms with Crippen molar-refractivity contribution in [2.45, 2.75) is 19.5 Å². The van der Waals surface area contributed by atoms with E-state index in [4.69, 9.17) is 5.11 Å².